The molecule has 1 rings (SSSR count). The second kappa shape index (κ2) is 8.67. The fourth-order valence-corrected chi connectivity index (χ4v) is 2.28. The highest BCUT2D eigenvalue weighted by molar-refractivity contribution is 8.00. The van der Waals surface area contributed by atoms with E-state index in [0.717, 1.165) is 0 Å². The molecule has 0 bridgehead atoms. The van der Waals surface area contributed by atoms with Gasteiger partial charge < -0.3 is 19.9 Å². The number of halogens is 3. The first-order valence-corrected chi connectivity index (χ1v) is 7.58. The van der Waals surface area contributed by atoms with Crippen LogP contribution in [0.4, 0.5) is 13.2 Å². The van der Waals surface area contributed by atoms with Crippen LogP contribution in [0.15, 0.2) is 18.2 Å². The van der Waals surface area contributed by atoms with Crippen LogP contribution < -0.4 is 14.8 Å². The summed E-state index contributed by atoms with van der Waals surface area (Å²) in [7, 11) is 2.77. The summed E-state index contributed by atoms with van der Waals surface area (Å²) in [6, 6.07) is 3.47. The predicted octanol–water partition coefficient (Wildman–Crippen LogP) is 2.59. The first kappa shape index (κ1) is 19.9. The van der Waals surface area contributed by atoms with Crippen molar-refractivity contribution in [1.29, 1.82) is 0 Å². The number of rotatable bonds is 8. The summed E-state index contributed by atoms with van der Waals surface area (Å²) in [5.74, 6) is -2.31. The molecule has 1 amide bonds. The lowest BCUT2D eigenvalue weighted by Gasteiger charge is -2.20. The van der Waals surface area contributed by atoms with Crippen LogP contribution in [0, 0.1) is 0 Å². The molecule has 2 N–H and O–H groups in total. The third kappa shape index (κ3) is 6.57. The number of thioether (sulfide) groups is 1. The highest BCUT2D eigenvalue weighted by Gasteiger charge is 2.30. The molecule has 1 aromatic carbocycles. The lowest BCUT2D eigenvalue weighted by molar-refractivity contribution is -0.137. The van der Waals surface area contributed by atoms with Crippen LogP contribution in [-0.2, 0) is 9.59 Å². The summed E-state index contributed by atoms with van der Waals surface area (Å²) < 4.78 is 46.6. The topological polar surface area (TPSA) is 84.9 Å². The second-order valence-electron chi connectivity index (χ2n) is 4.56. The highest BCUT2D eigenvalue weighted by atomic mass is 32.2. The third-order valence-electron chi connectivity index (χ3n) is 2.90. The Bertz CT molecular complexity index is 594. The number of alkyl halides is 3. The minimum atomic E-state index is -4.54. The lowest BCUT2D eigenvalue weighted by Crippen LogP contribution is -2.32. The Morgan fingerprint density at radius 2 is 1.96 bits per heavy atom. The molecule has 1 unspecified atom stereocenters. The maximum Gasteiger partial charge on any atom is 0.442 e. The molecule has 0 fully saturated rings. The minimum absolute atomic E-state index is 0.254. The van der Waals surface area contributed by atoms with E-state index in [1.54, 1.807) is 0 Å². The molecular weight excluding hydrogens is 351 g/mol. The first-order valence-electron chi connectivity index (χ1n) is 6.60. The number of nitrogens with one attached hydrogen (secondary N) is 1. The van der Waals surface area contributed by atoms with Crippen molar-refractivity contribution in [3.63, 3.8) is 0 Å². The van der Waals surface area contributed by atoms with E-state index in [0.29, 0.717) is 11.3 Å². The Morgan fingerprint density at radius 1 is 1.29 bits per heavy atom. The fraction of sp³-hybridized carbons (Fsp3) is 0.429. The SMILES string of the molecule is COc1ccc(C(CC(=O)O)NC(=O)CSC(F)(F)F)c(OC)c1. The number of carbonyl (C=O) groups is 2. The van der Waals surface area contributed by atoms with E-state index in [9.17, 15) is 22.8 Å². The summed E-state index contributed by atoms with van der Waals surface area (Å²) >= 11 is -0.497. The van der Waals surface area contributed by atoms with Gasteiger partial charge in [-0.15, -0.1) is 0 Å². The van der Waals surface area contributed by atoms with Gasteiger partial charge in [-0.25, -0.2) is 0 Å². The van der Waals surface area contributed by atoms with E-state index in [1.165, 1.54) is 32.4 Å². The molecule has 0 saturated heterocycles. The summed E-state index contributed by atoms with van der Waals surface area (Å²) in [5, 5.41) is 11.3. The smallest absolute Gasteiger partial charge is 0.442 e. The first-order chi connectivity index (χ1) is 11.2. The van der Waals surface area contributed by atoms with Crippen LogP contribution in [0.25, 0.3) is 0 Å². The number of benzene rings is 1. The fourth-order valence-electron chi connectivity index (χ4n) is 1.90. The number of carboxylic acid groups (broad SMARTS) is 1. The van der Waals surface area contributed by atoms with Crippen LogP contribution in [0.5, 0.6) is 11.5 Å². The number of amides is 1. The standard InChI is InChI=1S/C14H16F3NO5S/c1-22-8-3-4-9(11(5-8)23-2)10(6-13(20)21)18-12(19)7-24-14(15,16)17/h3-5,10H,6-7H2,1-2H3,(H,18,19)(H,20,21). The predicted molar refractivity (Wildman–Crippen MR) is 81.2 cm³/mol. The zero-order chi connectivity index (χ0) is 18.3. The van der Waals surface area contributed by atoms with Crippen LogP contribution in [-0.4, -0.2) is 42.5 Å². The summed E-state index contributed by atoms with van der Waals surface area (Å²) in [4.78, 5) is 22.7. The second-order valence-corrected chi connectivity index (χ2v) is 5.60. The monoisotopic (exact) mass is 367 g/mol. The van der Waals surface area contributed by atoms with Gasteiger partial charge in [0.25, 0.3) is 0 Å². The lowest BCUT2D eigenvalue weighted by atomic mass is 10.0. The van der Waals surface area contributed by atoms with Crippen molar-refractivity contribution in [3.05, 3.63) is 23.8 Å². The van der Waals surface area contributed by atoms with E-state index in [1.807, 2.05) is 0 Å². The molecule has 0 heterocycles. The van der Waals surface area contributed by atoms with Crippen LogP contribution in [0.1, 0.15) is 18.0 Å². The van der Waals surface area contributed by atoms with Crippen molar-refractivity contribution in [3.8, 4) is 11.5 Å². The Morgan fingerprint density at radius 3 is 2.46 bits per heavy atom. The van der Waals surface area contributed by atoms with Gasteiger partial charge in [0.1, 0.15) is 11.5 Å². The molecule has 0 aliphatic carbocycles. The molecule has 6 nitrogen and oxygen atoms in total. The van der Waals surface area contributed by atoms with Gasteiger partial charge in [-0.05, 0) is 23.9 Å². The highest BCUT2D eigenvalue weighted by Crippen LogP contribution is 2.32. The average Bonchev–Trinajstić information content (AvgIpc) is 2.50. The molecule has 1 atom stereocenters. The van der Waals surface area contributed by atoms with E-state index in [4.69, 9.17) is 14.6 Å². The zero-order valence-electron chi connectivity index (χ0n) is 12.8. The van der Waals surface area contributed by atoms with Gasteiger partial charge in [0, 0.05) is 11.6 Å². The van der Waals surface area contributed by atoms with Gasteiger partial charge in [-0.2, -0.15) is 13.2 Å². The van der Waals surface area contributed by atoms with Crippen molar-refractivity contribution >= 4 is 23.6 Å². The summed E-state index contributed by atoms with van der Waals surface area (Å²) in [6.45, 7) is 0. The van der Waals surface area contributed by atoms with Gasteiger partial charge in [-0.1, -0.05) is 0 Å². The minimum Gasteiger partial charge on any atom is -0.497 e. The third-order valence-corrected chi connectivity index (χ3v) is 3.63. The van der Waals surface area contributed by atoms with Crippen molar-refractivity contribution in [2.45, 2.75) is 18.0 Å². The van der Waals surface area contributed by atoms with Gasteiger partial charge in [0.2, 0.25) is 5.91 Å². The van der Waals surface area contributed by atoms with Crippen molar-refractivity contribution in [1.82, 2.24) is 5.32 Å². The Labute approximate surface area is 140 Å². The van der Waals surface area contributed by atoms with Crippen LogP contribution >= 0.6 is 11.8 Å². The van der Waals surface area contributed by atoms with Gasteiger partial charge in [0.05, 0.1) is 32.4 Å². The van der Waals surface area contributed by atoms with Crippen molar-refractivity contribution < 1.29 is 37.3 Å². The zero-order valence-corrected chi connectivity index (χ0v) is 13.7. The molecular formula is C14H16F3NO5S. The van der Waals surface area contributed by atoms with E-state index >= 15 is 0 Å². The summed E-state index contributed by atoms with van der Waals surface area (Å²) in [6.07, 6.45) is -0.509. The van der Waals surface area contributed by atoms with E-state index in [-0.39, 0.29) is 5.75 Å². The molecule has 0 aromatic heterocycles. The normalized spacial score (nSPS) is 12.4. The van der Waals surface area contributed by atoms with E-state index < -0.39 is 47.4 Å². The molecule has 0 saturated carbocycles. The molecule has 1 aromatic rings. The molecule has 0 aliphatic heterocycles. The van der Waals surface area contributed by atoms with E-state index in [2.05, 4.69) is 5.32 Å². The molecule has 0 spiro atoms. The maximum atomic E-state index is 12.1. The number of carbonyl (C=O) groups excluding carboxylic acids is 1. The number of methoxy groups -OCH3 is 2. The molecule has 134 valence electrons. The Kier molecular flexibility index (Phi) is 7.20. The molecule has 24 heavy (non-hydrogen) atoms. The Hall–Kier alpha value is -2.10. The molecule has 10 heteroatoms. The van der Waals surface area contributed by atoms with Crippen molar-refractivity contribution in [2.24, 2.45) is 0 Å². The van der Waals surface area contributed by atoms with Crippen LogP contribution in [0.2, 0.25) is 0 Å². The molecule has 0 aliphatic rings. The van der Waals surface area contributed by atoms with Crippen molar-refractivity contribution in [2.75, 3.05) is 20.0 Å². The van der Waals surface area contributed by atoms with Gasteiger partial charge in [-0.3, -0.25) is 9.59 Å². The number of ether oxygens (including phenoxy) is 2. The van der Waals surface area contributed by atoms with Gasteiger partial charge >= 0.3 is 11.5 Å². The maximum absolute atomic E-state index is 12.1. The number of aliphatic carboxylic acids is 1. The number of hydrogen-bond donors (Lipinski definition) is 2. The average molecular weight is 367 g/mol. The quantitative estimate of drug-likeness (QED) is 0.735. The summed E-state index contributed by atoms with van der Waals surface area (Å²) in [5.41, 5.74) is -4.22. The Balaban J connectivity index is 2.97. The number of hydrogen-bond acceptors (Lipinski definition) is 5. The molecule has 0 radical (unpaired) electrons. The largest absolute Gasteiger partial charge is 0.497 e. The van der Waals surface area contributed by atoms with Crippen LogP contribution in [0.3, 0.4) is 0 Å². The number of carboxylic acids is 1. The van der Waals surface area contributed by atoms with Gasteiger partial charge in [0.15, 0.2) is 0 Å².